The Morgan fingerprint density at radius 1 is 1.36 bits per heavy atom. The minimum Gasteiger partial charge on any atom is -0.760 e. The van der Waals surface area contributed by atoms with Gasteiger partial charge in [0.15, 0.2) is 0 Å². The number of hydrogen-bond acceptors (Lipinski definition) is 2. The maximum Gasteiger partial charge on any atom is 0.0211 e. The van der Waals surface area contributed by atoms with Crippen molar-refractivity contribution in [3.05, 3.63) is 0 Å². The molecule has 1 atom stereocenters. The van der Waals surface area contributed by atoms with Crippen LogP contribution in [-0.2, 0) is 11.3 Å². The van der Waals surface area contributed by atoms with Crippen molar-refractivity contribution in [2.75, 3.05) is 6.54 Å². The smallest absolute Gasteiger partial charge is 0.0211 e. The minimum atomic E-state index is -2.07. The average Bonchev–Trinajstić information content (AvgIpc) is 1.81. The van der Waals surface area contributed by atoms with E-state index in [4.69, 9.17) is 0 Å². The molecule has 3 nitrogen and oxygen atoms in total. The third-order valence-corrected chi connectivity index (χ3v) is 2.27. The van der Waals surface area contributed by atoms with Crippen LogP contribution in [0.5, 0.6) is 0 Å². The Morgan fingerprint density at radius 2 is 1.82 bits per heavy atom. The molecule has 0 N–H and O–H groups in total. The van der Waals surface area contributed by atoms with E-state index in [1.165, 1.54) is 4.31 Å². The molecule has 0 aliphatic heterocycles. The highest BCUT2D eigenvalue weighted by atomic mass is 32.2. The van der Waals surface area contributed by atoms with Gasteiger partial charge in [0.25, 0.3) is 0 Å². The maximum absolute atomic E-state index is 10.6. The number of nitrogens with zero attached hydrogens (tertiary/aromatic N) is 1. The van der Waals surface area contributed by atoms with Gasteiger partial charge in [-0.25, -0.2) is 4.31 Å². The molecule has 0 fully saturated rings. The molecule has 0 heterocycles. The Morgan fingerprint density at radius 3 is 1.91 bits per heavy atom. The number of hydrogen-bond donors (Lipinski definition) is 0. The third kappa shape index (κ3) is 4.50. The molecule has 4 heteroatoms. The second-order valence-electron chi connectivity index (χ2n) is 3.30. The Hall–Kier alpha value is 0.0700. The molecule has 0 saturated carbocycles. The summed E-state index contributed by atoms with van der Waals surface area (Å²) in [6.45, 7) is 8.36. The van der Waals surface area contributed by atoms with E-state index in [1.54, 1.807) is 0 Å². The highest BCUT2D eigenvalue weighted by Gasteiger charge is 2.10. The monoisotopic (exact) mass is 178 g/mol. The minimum absolute atomic E-state index is 0.0655. The van der Waals surface area contributed by atoms with Crippen molar-refractivity contribution in [1.29, 1.82) is 0 Å². The molecular formula is C7H16NO2S-. The lowest BCUT2D eigenvalue weighted by Gasteiger charge is -2.29. The first kappa shape index (κ1) is 11.1. The zero-order valence-corrected chi connectivity index (χ0v) is 8.35. The highest BCUT2D eigenvalue weighted by molar-refractivity contribution is 7.76. The maximum atomic E-state index is 10.6. The van der Waals surface area contributed by atoms with E-state index in [0.717, 1.165) is 0 Å². The summed E-state index contributed by atoms with van der Waals surface area (Å²) in [6, 6.07) is 0.0655. The van der Waals surface area contributed by atoms with Gasteiger partial charge in [0, 0.05) is 23.9 Å². The van der Waals surface area contributed by atoms with E-state index in [9.17, 15) is 8.76 Å². The van der Waals surface area contributed by atoms with Crippen LogP contribution >= 0.6 is 0 Å². The average molecular weight is 178 g/mol. The molecule has 0 aliphatic carbocycles. The summed E-state index contributed by atoms with van der Waals surface area (Å²) in [4.78, 5) is 0. The van der Waals surface area contributed by atoms with Crippen LogP contribution in [-0.4, -0.2) is 25.7 Å². The predicted octanol–water partition coefficient (Wildman–Crippen LogP) is 1.15. The fraction of sp³-hybridized carbons (Fsp3) is 1.00. The van der Waals surface area contributed by atoms with Crippen molar-refractivity contribution in [1.82, 2.24) is 4.31 Å². The lowest BCUT2D eigenvalue weighted by Crippen LogP contribution is -2.35. The van der Waals surface area contributed by atoms with Gasteiger partial charge in [0.2, 0.25) is 0 Å². The Balaban J connectivity index is 4.01. The van der Waals surface area contributed by atoms with Crippen LogP contribution in [0.2, 0.25) is 0 Å². The summed E-state index contributed by atoms with van der Waals surface area (Å²) in [5.41, 5.74) is 0. The second kappa shape index (κ2) is 4.85. The van der Waals surface area contributed by atoms with Crippen LogP contribution in [0, 0.1) is 5.92 Å². The lowest BCUT2D eigenvalue weighted by atomic mass is 10.2. The van der Waals surface area contributed by atoms with E-state index < -0.39 is 11.3 Å². The Labute approximate surface area is 71.2 Å². The van der Waals surface area contributed by atoms with Crippen molar-refractivity contribution in [3.63, 3.8) is 0 Å². The van der Waals surface area contributed by atoms with Gasteiger partial charge in [-0.05, 0) is 19.8 Å². The van der Waals surface area contributed by atoms with E-state index in [0.29, 0.717) is 12.5 Å². The Kier molecular flexibility index (Phi) is 4.88. The summed E-state index contributed by atoms with van der Waals surface area (Å²) in [5.74, 6) is 0.385. The normalized spacial score (nSPS) is 14.9. The predicted molar refractivity (Wildman–Crippen MR) is 45.6 cm³/mol. The molecule has 0 spiro atoms. The van der Waals surface area contributed by atoms with Gasteiger partial charge >= 0.3 is 0 Å². The quantitative estimate of drug-likeness (QED) is 0.606. The summed E-state index contributed by atoms with van der Waals surface area (Å²) in [5, 5.41) is 0. The topological polar surface area (TPSA) is 43.4 Å². The van der Waals surface area contributed by atoms with Gasteiger partial charge in [-0.3, -0.25) is 4.21 Å². The van der Waals surface area contributed by atoms with Gasteiger partial charge in [0.1, 0.15) is 0 Å². The van der Waals surface area contributed by atoms with Gasteiger partial charge in [-0.2, -0.15) is 0 Å². The lowest BCUT2D eigenvalue weighted by molar-refractivity contribution is 0.307. The van der Waals surface area contributed by atoms with Crippen LogP contribution in [0.1, 0.15) is 27.7 Å². The molecular weight excluding hydrogens is 162 g/mol. The van der Waals surface area contributed by atoms with Crippen molar-refractivity contribution in [3.8, 4) is 0 Å². The first-order valence-electron chi connectivity index (χ1n) is 3.81. The molecule has 68 valence electrons. The zero-order valence-electron chi connectivity index (χ0n) is 7.53. The van der Waals surface area contributed by atoms with E-state index in [2.05, 4.69) is 0 Å². The molecule has 0 radical (unpaired) electrons. The standard InChI is InChI=1S/C7H17NO2S/c1-6(2)5-8(7(3)4)11(9)10/h6-7H,5H2,1-4H3,(H,9,10)/p-1. The molecule has 0 aromatic rings. The molecule has 0 amide bonds. The molecule has 0 saturated heterocycles. The van der Waals surface area contributed by atoms with Gasteiger partial charge < -0.3 is 4.55 Å². The van der Waals surface area contributed by atoms with Crippen molar-refractivity contribution in [2.45, 2.75) is 33.7 Å². The van der Waals surface area contributed by atoms with Crippen LogP contribution in [0.3, 0.4) is 0 Å². The summed E-state index contributed by atoms with van der Waals surface area (Å²) in [7, 11) is 0. The summed E-state index contributed by atoms with van der Waals surface area (Å²) >= 11 is -2.07. The van der Waals surface area contributed by atoms with Crippen molar-refractivity contribution in [2.24, 2.45) is 5.92 Å². The van der Waals surface area contributed by atoms with E-state index in [-0.39, 0.29) is 6.04 Å². The van der Waals surface area contributed by atoms with Crippen LogP contribution < -0.4 is 0 Å². The molecule has 0 aliphatic rings. The first-order chi connectivity index (χ1) is 4.95. The molecule has 1 unspecified atom stereocenters. The van der Waals surface area contributed by atoms with E-state index >= 15 is 0 Å². The second-order valence-corrected chi connectivity index (χ2v) is 4.21. The van der Waals surface area contributed by atoms with Gasteiger partial charge in [-0.15, -0.1) is 0 Å². The first-order valence-corrected chi connectivity index (χ1v) is 4.84. The van der Waals surface area contributed by atoms with Crippen molar-refractivity contribution >= 4 is 11.3 Å². The molecule has 0 aromatic heterocycles. The van der Waals surface area contributed by atoms with Crippen molar-refractivity contribution < 1.29 is 8.76 Å². The molecule has 0 rings (SSSR count). The largest absolute Gasteiger partial charge is 0.760 e. The fourth-order valence-corrected chi connectivity index (χ4v) is 1.57. The SMILES string of the molecule is CC(C)CN(C(C)C)S(=O)[O-]. The van der Waals surface area contributed by atoms with Crippen LogP contribution in [0.15, 0.2) is 0 Å². The van der Waals surface area contributed by atoms with Crippen LogP contribution in [0.4, 0.5) is 0 Å². The highest BCUT2D eigenvalue weighted by Crippen LogP contribution is 2.05. The summed E-state index contributed by atoms with van der Waals surface area (Å²) < 4.78 is 22.7. The third-order valence-electron chi connectivity index (χ3n) is 1.31. The molecule has 0 bridgehead atoms. The van der Waals surface area contributed by atoms with E-state index in [1.807, 2.05) is 27.7 Å². The molecule has 11 heavy (non-hydrogen) atoms. The zero-order chi connectivity index (χ0) is 9.02. The van der Waals surface area contributed by atoms with Crippen LogP contribution in [0.25, 0.3) is 0 Å². The van der Waals surface area contributed by atoms with Gasteiger partial charge in [-0.1, -0.05) is 13.8 Å². The number of rotatable bonds is 4. The Bertz CT molecular complexity index is 136. The molecule has 0 aromatic carbocycles. The van der Waals surface area contributed by atoms with Gasteiger partial charge in [0.05, 0.1) is 0 Å². The fourth-order valence-electron chi connectivity index (χ4n) is 0.804. The summed E-state index contributed by atoms with van der Waals surface area (Å²) in [6.07, 6.45) is 0.